The lowest BCUT2D eigenvalue weighted by molar-refractivity contribution is -0.141. The minimum atomic E-state index is -5.13. The van der Waals surface area contributed by atoms with E-state index in [0.717, 1.165) is 0 Å². The lowest BCUT2D eigenvalue weighted by Crippen LogP contribution is -2.16. The number of alkyl halides is 6. The van der Waals surface area contributed by atoms with Crippen LogP contribution in [0.1, 0.15) is 27.0 Å². The van der Waals surface area contributed by atoms with E-state index in [4.69, 9.17) is 16.3 Å². The van der Waals surface area contributed by atoms with E-state index in [1.165, 1.54) is 12.1 Å². The molecule has 0 heterocycles. The third-order valence-electron chi connectivity index (χ3n) is 3.45. The number of halogens is 6. The lowest BCUT2D eigenvalue weighted by Gasteiger charge is -2.16. The summed E-state index contributed by atoms with van der Waals surface area (Å²) in [7, 11) is 0. The predicted molar refractivity (Wildman–Crippen MR) is 71.2 cm³/mol. The lowest BCUT2D eigenvalue weighted by atomic mass is 9.93. The highest BCUT2D eigenvalue weighted by atomic mass is 19.4. The van der Waals surface area contributed by atoms with Gasteiger partial charge in [0, 0.05) is 28.5 Å². The molecule has 10 heteroatoms. The Morgan fingerprint density at radius 1 is 0.960 bits per heavy atom. The van der Waals surface area contributed by atoms with E-state index in [-0.39, 0.29) is 12.1 Å². The Hall–Kier alpha value is -3.27. The molecule has 128 valence electrons. The largest absolute Gasteiger partial charge is 0.417 e. The Morgan fingerprint density at radius 3 is 1.76 bits per heavy atom. The Kier molecular flexibility index (Phi) is 4.10. The van der Waals surface area contributed by atoms with Crippen molar-refractivity contribution in [2.45, 2.75) is 12.4 Å². The van der Waals surface area contributed by atoms with Crippen molar-refractivity contribution in [2.75, 3.05) is 0 Å². The summed E-state index contributed by atoms with van der Waals surface area (Å²) >= 11 is 0. The van der Waals surface area contributed by atoms with Gasteiger partial charge in [-0.1, -0.05) is 0 Å². The van der Waals surface area contributed by atoms with Crippen LogP contribution in [0.25, 0.3) is 5.57 Å². The molecule has 0 spiro atoms. The van der Waals surface area contributed by atoms with E-state index in [0.29, 0.717) is 6.20 Å². The zero-order valence-corrected chi connectivity index (χ0v) is 11.9. The maximum Gasteiger partial charge on any atom is 0.417 e. The number of nitrogens with two attached hydrogens (primary N) is 1. The molecule has 25 heavy (non-hydrogen) atoms. The van der Waals surface area contributed by atoms with Crippen LogP contribution in [-0.2, 0) is 12.4 Å². The predicted octanol–water partition coefficient (Wildman–Crippen LogP) is 3.56. The highest BCUT2D eigenvalue weighted by Crippen LogP contribution is 2.49. The van der Waals surface area contributed by atoms with Crippen LogP contribution in [-0.4, -0.2) is 5.78 Å². The summed E-state index contributed by atoms with van der Waals surface area (Å²) < 4.78 is 79.1. The quantitative estimate of drug-likeness (QED) is 0.437. The number of Topliss-reactive ketones (excluding diaryl/α,β-unsaturated/α-hetero) is 1. The van der Waals surface area contributed by atoms with Crippen molar-refractivity contribution in [2.24, 2.45) is 5.73 Å². The van der Waals surface area contributed by atoms with Crippen molar-refractivity contribution in [3.05, 3.63) is 51.7 Å². The van der Waals surface area contributed by atoms with Crippen LogP contribution in [0.5, 0.6) is 0 Å². The van der Waals surface area contributed by atoms with Crippen molar-refractivity contribution in [1.29, 1.82) is 10.5 Å². The third-order valence-corrected chi connectivity index (χ3v) is 3.45. The van der Waals surface area contributed by atoms with Crippen LogP contribution in [0, 0.1) is 22.7 Å². The standard InChI is InChI=1S/C15H5F6N3O/c16-14(17,18)8-1-2-9(15(19,20)21)12-11(8)10(6(3-22)4-23)7(5-24)13(12)25/h1-2,5H,24H2/b7-5+. The SMILES string of the molecule is N#CC(C#N)=C1/C(=C\N)C(=O)c2c(C(F)(F)F)ccc(C(F)(F)F)c21. The average Bonchev–Trinajstić information content (AvgIpc) is 2.79. The van der Waals surface area contributed by atoms with E-state index in [9.17, 15) is 31.1 Å². The normalized spacial score (nSPS) is 15.8. The van der Waals surface area contributed by atoms with Gasteiger partial charge in [-0.05, 0) is 12.1 Å². The Balaban J connectivity index is 3.13. The van der Waals surface area contributed by atoms with Crippen LogP contribution in [0.4, 0.5) is 26.3 Å². The molecule has 0 saturated carbocycles. The van der Waals surface area contributed by atoms with Crippen LogP contribution >= 0.6 is 0 Å². The molecule has 4 nitrogen and oxygen atoms in total. The summed E-state index contributed by atoms with van der Waals surface area (Å²) in [6, 6.07) is 2.84. The van der Waals surface area contributed by atoms with E-state index >= 15 is 0 Å². The van der Waals surface area contributed by atoms with Crippen LogP contribution in [0.15, 0.2) is 29.5 Å². The maximum atomic E-state index is 13.2. The number of carbonyl (C=O) groups excluding carboxylic acids is 1. The number of ketones is 1. The number of hydrogen-bond acceptors (Lipinski definition) is 4. The molecule has 0 radical (unpaired) electrons. The fraction of sp³-hybridized carbons (Fsp3) is 0.133. The minimum absolute atomic E-state index is 0.134. The zero-order valence-electron chi connectivity index (χ0n) is 11.9. The molecular weight excluding hydrogens is 352 g/mol. The van der Waals surface area contributed by atoms with Gasteiger partial charge < -0.3 is 5.73 Å². The fourth-order valence-electron chi connectivity index (χ4n) is 2.51. The molecule has 1 aliphatic rings. The first-order valence-electron chi connectivity index (χ1n) is 6.32. The monoisotopic (exact) mass is 357 g/mol. The van der Waals surface area contributed by atoms with Gasteiger partial charge in [0.25, 0.3) is 0 Å². The van der Waals surface area contributed by atoms with Crippen molar-refractivity contribution in [3.63, 3.8) is 0 Å². The maximum absolute atomic E-state index is 13.2. The van der Waals surface area contributed by atoms with Crippen LogP contribution in [0.3, 0.4) is 0 Å². The molecule has 0 amide bonds. The Morgan fingerprint density at radius 2 is 1.40 bits per heavy atom. The number of rotatable bonds is 0. The number of benzene rings is 1. The summed E-state index contributed by atoms with van der Waals surface area (Å²) in [5.74, 6) is -1.44. The smallest absolute Gasteiger partial charge is 0.404 e. The zero-order chi connectivity index (χ0) is 19.2. The molecule has 1 aromatic rings. The van der Waals surface area contributed by atoms with Gasteiger partial charge in [0.2, 0.25) is 0 Å². The van der Waals surface area contributed by atoms with E-state index in [1.807, 2.05) is 0 Å². The molecule has 0 aromatic heterocycles. The first kappa shape index (κ1) is 18.1. The average molecular weight is 357 g/mol. The van der Waals surface area contributed by atoms with Gasteiger partial charge in [0.05, 0.1) is 11.1 Å². The minimum Gasteiger partial charge on any atom is -0.404 e. The molecule has 0 aliphatic heterocycles. The summed E-state index contributed by atoms with van der Waals surface area (Å²) in [6.07, 6.45) is -9.77. The molecule has 0 atom stereocenters. The van der Waals surface area contributed by atoms with E-state index in [1.54, 1.807) is 0 Å². The van der Waals surface area contributed by atoms with Gasteiger partial charge in [-0.25, -0.2) is 0 Å². The topological polar surface area (TPSA) is 90.7 Å². The molecule has 1 aliphatic carbocycles. The van der Waals surface area contributed by atoms with Gasteiger partial charge >= 0.3 is 12.4 Å². The van der Waals surface area contributed by atoms with Crippen LogP contribution < -0.4 is 5.73 Å². The summed E-state index contributed by atoms with van der Waals surface area (Å²) in [4.78, 5) is 12.3. The van der Waals surface area contributed by atoms with Crippen molar-refractivity contribution >= 4 is 11.4 Å². The van der Waals surface area contributed by atoms with E-state index < -0.39 is 57.1 Å². The van der Waals surface area contributed by atoms with Gasteiger partial charge in [-0.15, -0.1) is 0 Å². The summed E-state index contributed by atoms with van der Waals surface area (Å²) in [5.41, 5.74) is -3.04. The second kappa shape index (κ2) is 5.67. The molecule has 0 saturated heterocycles. The Bertz CT molecular complexity index is 907. The molecule has 2 rings (SSSR count). The summed E-state index contributed by atoms with van der Waals surface area (Å²) in [5, 5.41) is 17.8. The first-order chi connectivity index (χ1) is 11.5. The number of nitriles is 2. The first-order valence-corrected chi connectivity index (χ1v) is 6.32. The van der Waals surface area contributed by atoms with Gasteiger partial charge in [0.15, 0.2) is 5.78 Å². The highest BCUT2D eigenvalue weighted by molar-refractivity contribution is 6.28. The molecular formula is C15H5F6N3O. The second-order valence-corrected chi connectivity index (χ2v) is 4.79. The molecule has 2 N–H and O–H groups in total. The highest BCUT2D eigenvalue weighted by Gasteiger charge is 2.47. The van der Waals surface area contributed by atoms with Gasteiger partial charge in [-0.3, -0.25) is 4.79 Å². The molecule has 0 bridgehead atoms. The molecule has 0 unspecified atom stereocenters. The van der Waals surface area contributed by atoms with Gasteiger partial charge in [-0.2, -0.15) is 36.9 Å². The van der Waals surface area contributed by atoms with E-state index in [2.05, 4.69) is 0 Å². The number of hydrogen-bond donors (Lipinski definition) is 1. The number of nitrogens with zero attached hydrogens (tertiary/aromatic N) is 2. The second-order valence-electron chi connectivity index (χ2n) is 4.79. The van der Waals surface area contributed by atoms with Gasteiger partial charge in [0.1, 0.15) is 17.7 Å². The third kappa shape index (κ3) is 2.72. The summed E-state index contributed by atoms with van der Waals surface area (Å²) in [6.45, 7) is 0. The number of fused-ring (bicyclic) bond motifs is 1. The van der Waals surface area contributed by atoms with Crippen LogP contribution in [0.2, 0.25) is 0 Å². The molecule has 0 fully saturated rings. The Labute approximate surface area is 136 Å². The van der Waals surface area contributed by atoms with Crippen molar-refractivity contribution in [1.82, 2.24) is 0 Å². The fourth-order valence-corrected chi connectivity index (χ4v) is 2.51. The van der Waals surface area contributed by atoms with Crippen molar-refractivity contribution in [3.8, 4) is 12.1 Å². The van der Waals surface area contributed by atoms with Crippen molar-refractivity contribution < 1.29 is 31.1 Å². The number of allylic oxidation sites excluding steroid dienone is 3. The number of carbonyl (C=O) groups is 1. The molecule has 1 aromatic carbocycles.